The Morgan fingerprint density at radius 3 is 1.23 bits per heavy atom. The lowest BCUT2D eigenvalue weighted by Gasteiger charge is -2.19. The van der Waals surface area contributed by atoms with Crippen molar-refractivity contribution in [1.82, 2.24) is 0 Å². The van der Waals surface area contributed by atoms with Gasteiger partial charge in [0.25, 0.3) is 0 Å². The zero-order chi connectivity index (χ0) is 18.7. The Hall–Kier alpha value is -0.160. The first-order chi connectivity index (χ1) is 12.1. The summed E-state index contributed by atoms with van der Waals surface area (Å²) in [7, 11) is 0. The van der Waals surface area contributed by atoms with Gasteiger partial charge in [0.15, 0.2) is 0 Å². The highest BCUT2D eigenvalue weighted by atomic mass is 32.2. The Balaban J connectivity index is 1.52. The molecule has 0 saturated heterocycles. The van der Waals surface area contributed by atoms with Crippen molar-refractivity contribution in [2.75, 3.05) is 0 Å². The second-order valence-corrected chi connectivity index (χ2v) is 14.4. The molecule has 2 aromatic carbocycles. The van der Waals surface area contributed by atoms with E-state index in [1.165, 1.54) is 30.7 Å². The largest absolute Gasteiger partial charge is 0.108 e. The van der Waals surface area contributed by atoms with Crippen molar-refractivity contribution in [3.8, 4) is 0 Å². The van der Waals surface area contributed by atoms with Gasteiger partial charge in [0.1, 0.15) is 0 Å². The second kappa shape index (κ2) is 6.72. The highest BCUT2D eigenvalue weighted by Gasteiger charge is 2.36. The fourth-order valence-corrected chi connectivity index (χ4v) is 9.49. The number of hydrogen-bond acceptors (Lipinski definition) is 4. The predicted molar refractivity (Wildman–Crippen MR) is 121 cm³/mol. The molecule has 2 atom stereocenters. The highest BCUT2D eigenvalue weighted by Crippen LogP contribution is 2.60. The zero-order valence-corrected chi connectivity index (χ0v) is 19.5. The number of benzene rings is 2. The second-order valence-electron chi connectivity index (χ2n) is 9.03. The highest BCUT2D eigenvalue weighted by molar-refractivity contribution is 8.26. The van der Waals surface area contributed by atoms with Crippen LogP contribution in [0.4, 0.5) is 0 Å². The molecule has 0 radical (unpaired) electrons. The molecule has 0 saturated carbocycles. The van der Waals surface area contributed by atoms with Crippen LogP contribution in [0, 0.1) is 0 Å². The Kier molecular flexibility index (Phi) is 4.95. The number of thioether (sulfide) groups is 4. The third-order valence-electron chi connectivity index (χ3n) is 4.81. The van der Waals surface area contributed by atoms with Gasteiger partial charge in [0, 0.05) is 19.6 Å². The monoisotopic (exact) mass is 418 g/mol. The van der Waals surface area contributed by atoms with E-state index in [9.17, 15) is 0 Å². The molecule has 2 aliphatic rings. The van der Waals surface area contributed by atoms with Gasteiger partial charge in [0.2, 0.25) is 0 Å². The molecule has 2 aliphatic heterocycles. The standard InChI is InChI=1S/C22H26S4/c1-21(2,3)13-7-9-15-17(11-13)25-19(23-15)20-24-16-10-8-14(22(4,5)6)12-18(16)26-20/h7-12,19-20H,1-6H3. The van der Waals surface area contributed by atoms with E-state index < -0.39 is 0 Å². The van der Waals surface area contributed by atoms with Gasteiger partial charge in [-0.1, -0.05) is 53.7 Å². The molecule has 0 aliphatic carbocycles. The van der Waals surface area contributed by atoms with Crippen molar-refractivity contribution < 1.29 is 0 Å². The van der Waals surface area contributed by atoms with Crippen LogP contribution in [0.2, 0.25) is 0 Å². The summed E-state index contributed by atoms with van der Waals surface area (Å²) < 4.78 is 1.17. The van der Waals surface area contributed by atoms with E-state index in [4.69, 9.17) is 0 Å². The molecular formula is C22H26S4. The maximum absolute atomic E-state index is 2.42. The number of hydrogen-bond donors (Lipinski definition) is 0. The van der Waals surface area contributed by atoms with Crippen molar-refractivity contribution in [2.45, 2.75) is 81.1 Å². The van der Waals surface area contributed by atoms with Crippen LogP contribution in [-0.4, -0.2) is 9.16 Å². The van der Waals surface area contributed by atoms with Crippen molar-refractivity contribution in [3.05, 3.63) is 47.5 Å². The van der Waals surface area contributed by atoms with Gasteiger partial charge >= 0.3 is 0 Å². The van der Waals surface area contributed by atoms with Gasteiger partial charge in [-0.05, 0) is 46.2 Å². The summed E-state index contributed by atoms with van der Waals surface area (Å²) in [5, 5.41) is 0. The number of fused-ring (bicyclic) bond motifs is 2. The molecule has 0 aromatic heterocycles. The maximum Gasteiger partial charge on any atom is 0.0814 e. The maximum atomic E-state index is 2.42. The zero-order valence-electron chi connectivity index (χ0n) is 16.3. The quantitative estimate of drug-likeness (QED) is 0.459. The van der Waals surface area contributed by atoms with E-state index in [1.54, 1.807) is 0 Å². The average Bonchev–Trinajstić information content (AvgIpc) is 3.15. The SMILES string of the molecule is CC(C)(C)c1ccc2c(c1)SC(C1Sc3ccc(C(C)(C)C)cc3S1)S2. The minimum absolute atomic E-state index is 0.217. The lowest BCUT2D eigenvalue weighted by atomic mass is 9.87. The van der Waals surface area contributed by atoms with Crippen molar-refractivity contribution in [2.24, 2.45) is 0 Å². The Labute approximate surface area is 175 Å². The van der Waals surface area contributed by atoms with Gasteiger partial charge in [-0.15, -0.1) is 47.0 Å². The minimum atomic E-state index is 0.217. The Bertz CT molecular complexity index is 771. The molecule has 138 valence electrons. The lowest BCUT2D eigenvalue weighted by molar-refractivity contribution is 0.587. The first kappa shape index (κ1) is 19.2. The normalized spacial score (nSPS) is 22.4. The van der Waals surface area contributed by atoms with Crippen molar-refractivity contribution >= 4 is 47.0 Å². The third kappa shape index (κ3) is 3.72. The average molecular weight is 419 g/mol. The molecule has 2 heterocycles. The summed E-state index contributed by atoms with van der Waals surface area (Å²) in [6.45, 7) is 13.8. The summed E-state index contributed by atoms with van der Waals surface area (Å²) in [5.74, 6) is 0. The summed E-state index contributed by atoms with van der Waals surface area (Å²) in [6, 6.07) is 14.1. The van der Waals surface area contributed by atoms with Crippen LogP contribution in [0.1, 0.15) is 52.7 Å². The van der Waals surface area contributed by atoms with Crippen molar-refractivity contribution in [3.63, 3.8) is 0 Å². The van der Waals surface area contributed by atoms with Crippen LogP contribution in [0.5, 0.6) is 0 Å². The minimum Gasteiger partial charge on any atom is -0.108 e. The van der Waals surface area contributed by atoms with Crippen LogP contribution in [0.15, 0.2) is 56.0 Å². The van der Waals surface area contributed by atoms with Crippen LogP contribution in [0.25, 0.3) is 0 Å². The van der Waals surface area contributed by atoms with Gasteiger partial charge < -0.3 is 0 Å². The fourth-order valence-electron chi connectivity index (χ4n) is 3.10. The molecule has 4 heteroatoms. The third-order valence-corrected chi connectivity index (χ3v) is 11.3. The van der Waals surface area contributed by atoms with Crippen molar-refractivity contribution in [1.29, 1.82) is 0 Å². The Morgan fingerprint density at radius 1 is 0.538 bits per heavy atom. The Morgan fingerprint density at radius 2 is 0.885 bits per heavy atom. The molecule has 0 nitrogen and oxygen atoms in total. The lowest BCUT2D eigenvalue weighted by Crippen LogP contribution is -2.10. The van der Waals surface area contributed by atoms with Crippen LogP contribution >= 0.6 is 47.0 Å². The predicted octanol–water partition coefficient (Wildman–Crippen LogP) is 8.03. The molecular weight excluding hydrogens is 393 g/mol. The fraction of sp³-hybridized carbons (Fsp3) is 0.455. The summed E-state index contributed by atoms with van der Waals surface area (Å²) >= 11 is 8.24. The molecule has 2 aromatic rings. The van der Waals surface area contributed by atoms with E-state index in [1.807, 2.05) is 0 Å². The molecule has 0 N–H and O–H groups in total. The number of rotatable bonds is 1. The molecule has 0 amide bonds. The first-order valence-electron chi connectivity index (χ1n) is 9.07. The first-order valence-corrected chi connectivity index (χ1v) is 12.6. The molecule has 0 fully saturated rings. The van der Waals surface area contributed by atoms with E-state index >= 15 is 0 Å². The van der Waals surface area contributed by atoms with Gasteiger partial charge in [-0.25, -0.2) is 0 Å². The van der Waals surface area contributed by atoms with Crippen LogP contribution in [-0.2, 0) is 10.8 Å². The summed E-state index contributed by atoms with van der Waals surface area (Å²) in [4.78, 5) is 5.86. The molecule has 26 heavy (non-hydrogen) atoms. The van der Waals surface area contributed by atoms with E-state index in [-0.39, 0.29) is 10.8 Å². The van der Waals surface area contributed by atoms with Crippen LogP contribution < -0.4 is 0 Å². The van der Waals surface area contributed by atoms with Gasteiger partial charge in [-0.3, -0.25) is 0 Å². The summed E-state index contributed by atoms with van der Waals surface area (Å²) in [5.41, 5.74) is 3.31. The van der Waals surface area contributed by atoms with E-state index in [2.05, 4.69) is 125 Å². The summed E-state index contributed by atoms with van der Waals surface area (Å²) in [6.07, 6.45) is 0. The molecule has 0 bridgehead atoms. The van der Waals surface area contributed by atoms with E-state index in [0.717, 1.165) is 0 Å². The molecule has 4 rings (SSSR count). The molecule has 2 unspecified atom stereocenters. The topological polar surface area (TPSA) is 0 Å². The smallest absolute Gasteiger partial charge is 0.0814 e. The van der Waals surface area contributed by atoms with E-state index in [0.29, 0.717) is 9.16 Å². The van der Waals surface area contributed by atoms with Gasteiger partial charge in [0.05, 0.1) is 9.16 Å². The van der Waals surface area contributed by atoms with Crippen LogP contribution in [0.3, 0.4) is 0 Å². The van der Waals surface area contributed by atoms with Gasteiger partial charge in [-0.2, -0.15) is 0 Å². The molecule has 0 spiro atoms.